The normalized spacial score (nSPS) is 24.9. The van der Waals surface area contributed by atoms with Crippen molar-refractivity contribution in [1.82, 2.24) is 10.8 Å². The number of hydrogen-bond donors (Lipinski definition) is 4. The molecule has 33 heavy (non-hydrogen) atoms. The van der Waals surface area contributed by atoms with Gasteiger partial charge in [-0.05, 0) is 57.7 Å². The van der Waals surface area contributed by atoms with E-state index in [4.69, 9.17) is 4.74 Å². The molecular formula is C25H37FN2O5. The Morgan fingerprint density at radius 2 is 2.09 bits per heavy atom. The standard InChI is InChI=1S/C25H37FN2O5/c1-25(27-2,17-33-23-12-9-8-11-20(23)26)15-14-18-19(22(29)16-21(18)28-31)10-6-4-5-7-13-24(30)32-3/h4,6,8-9,11-12,14-15,18-19,21-22,27-29,31H,5,7,10,13,16-17H2,1-3H3/b6-4-,15-14+/t18-,19-,21?,22+,25?/m1/s1. The lowest BCUT2D eigenvalue weighted by atomic mass is 9.87. The molecule has 4 N–H and O–H groups in total. The molecule has 0 aliphatic heterocycles. The number of hydrogen-bond acceptors (Lipinski definition) is 7. The minimum Gasteiger partial charge on any atom is -0.488 e. The van der Waals surface area contributed by atoms with Crippen molar-refractivity contribution in [3.05, 3.63) is 54.4 Å². The van der Waals surface area contributed by atoms with Crippen molar-refractivity contribution in [1.29, 1.82) is 0 Å². The van der Waals surface area contributed by atoms with Crippen LogP contribution in [0.3, 0.4) is 0 Å². The minimum absolute atomic E-state index is 0.0728. The number of esters is 1. The number of likely N-dealkylation sites (N-methyl/N-ethyl adjacent to an activating group) is 1. The number of hydroxylamine groups is 1. The maximum atomic E-state index is 13.9. The van der Waals surface area contributed by atoms with Crippen molar-refractivity contribution in [3.63, 3.8) is 0 Å². The van der Waals surface area contributed by atoms with Crippen LogP contribution in [0, 0.1) is 17.7 Å². The van der Waals surface area contributed by atoms with Gasteiger partial charge in [-0.2, -0.15) is 0 Å². The monoisotopic (exact) mass is 464 g/mol. The Bertz CT molecular complexity index is 803. The van der Waals surface area contributed by atoms with Crippen LogP contribution in [0.5, 0.6) is 5.75 Å². The summed E-state index contributed by atoms with van der Waals surface area (Å²) in [5.74, 6) is -0.624. The lowest BCUT2D eigenvalue weighted by Crippen LogP contribution is -2.44. The fourth-order valence-corrected chi connectivity index (χ4v) is 4.03. The average Bonchev–Trinajstić information content (AvgIpc) is 3.13. The maximum Gasteiger partial charge on any atom is 0.305 e. The van der Waals surface area contributed by atoms with E-state index < -0.39 is 17.5 Å². The van der Waals surface area contributed by atoms with E-state index in [2.05, 4.69) is 15.5 Å². The van der Waals surface area contributed by atoms with Gasteiger partial charge in [0.25, 0.3) is 0 Å². The van der Waals surface area contributed by atoms with Crippen molar-refractivity contribution in [2.75, 3.05) is 20.8 Å². The molecule has 1 aromatic carbocycles. The van der Waals surface area contributed by atoms with Crippen LogP contribution >= 0.6 is 0 Å². The van der Waals surface area contributed by atoms with Crippen LogP contribution in [0.1, 0.15) is 39.0 Å². The van der Waals surface area contributed by atoms with Gasteiger partial charge in [0.2, 0.25) is 0 Å². The van der Waals surface area contributed by atoms with Gasteiger partial charge < -0.3 is 25.1 Å². The number of rotatable bonds is 13. The van der Waals surface area contributed by atoms with Crippen LogP contribution < -0.4 is 15.5 Å². The highest BCUT2D eigenvalue weighted by Gasteiger charge is 2.40. The second-order valence-electron chi connectivity index (χ2n) is 8.70. The first-order chi connectivity index (χ1) is 15.8. The van der Waals surface area contributed by atoms with Gasteiger partial charge in [-0.15, -0.1) is 0 Å². The van der Waals surface area contributed by atoms with Gasteiger partial charge >= 0.3 is 5.97 Å². The number of aliphatic hydroxyl groups is 1. The van der Waals surface area contributed by atoms with Crippen molar-refractivity contribution in [3.8, 4) is 5.75 Å². The molecule has 0 amide bonds. The molecule has 0 radical (unpaired) electrons. The van der Waals surface area contributed by atoms with Crippen molar-refractivity contribution in [2.45, 2.75) is 56.7 Å². The highest BCUT2D eigenvalue weighted by atomic mass is 19.1. The maximum absolute atomic E-state index is 13.9. The van der Waals surface area contributed by atoms with Gasteiger partial charge in [0.15, 0.2) is 11.6 Å². The van der Waals surface area contributed by atoms with E-state index in [-0.39, 0.29) is 36.2 Å². The van der Waals surface area contributed by atoms with Crippen LogP contribution in [-0.2, 0) is 9.53 Å². The van der Waals surface area contributed by atoms with E-state index in [0.717, 1.165) is 6.42 Å². The van der Waals surface area contributed by atoms with Crippen molar-refractivity contribution < 1.29 is 29.0 Å². The summed E-state index contributed by atoms with van der Waals surface area (Å²) in [6.07, 6.45) is 10.3. The Kier molecular flexibility index (Phi) is 11.0. The summed E-state index contributed by atoms with van der Waals surface area (Å²) >= 11 is 0. The molecular weight excluding hydrogens is 427 g/mol. The summed E-state index contributed by atoms with van der Waals surface area (Å²) in [5, 5.41) is 23.4. The molecule has 0 spiro atoms. The Hall–Kier alpha value is -2.26. The van der Waals surface area contributed by atoms with Gasteiger partial charge in [0.1, 0.15) is 6.61 Å². The van der Waals surface area contributed by atoms with Crippen molar-refractivity contribution >= 4 is 5.97 Å². The molecule has 1 fully saturated rings. The third-order valence-electron chi connectivity index (χ3n) is 6.29. The number of ether oxygens (including phenoxy) is 2. The topological polar surface area (TPSA) is 100 Å². The summed E-state index contributed by atoms with van der Waals surface area (Å²) in [6.45, 7) is 2.14. The number of aliphatic hydroxyl groups excluding tert-OH is 1. The highest BCUT2D eigenvalue weighted by Crippen LogP contribution is 2.36. The van der Waals surface area contributed by atoms with Crippen LogP contribution in [0.25, 0.3) is 0 Å². The first-order valence-electron chi connectivity index (χ1n) is 11.4. The molecule has 8 heteroatoms. The molecule has 0 aromatic heterocycles. The van der Waals surface area contributed by atoms with Gasteiger partial charge in [0.05, 0.1) is 18.8 Å². The summed E-state index contributed by atoms with van der Waals surface area (Å²) in [7, 11) is 3.18. The van der Waals surface area contributed by atoms with Crippen molar-refractivity contribution in [2.24, 2.45) is 11.8 Å². The largest absolute Gasteiger partial charge is 0.488 e. The van der Waals surface area contributed by atoms with E-state index in [1.54, 1.807) is 25.2 Å². The predicted molar refractivity (Wildman–Crippen MR) is 124 cm³/mol. The van der Waals surface area contributed by atoms with Crippen LogP contribution in [-0.4, -0.2) is 54.7 Å². The first kappa shape index (κ1) is 27.0. The lowest BCUT2D eigenvalue weighted by molar-refractivity contribution is -0.140. The summed E-state index contributed by atoms with van der Waals surface area (Å²) in [6, 6.07) is 5.99. The van der Waals surface area contributed by atoms with E-state index in [9.17, 15) is 19.5 Å². The zero-order chi connectivity index (χ0) is 24.3. The predicted octanol–water partition coefficient (Wildman–Crippen LogP) is 3.37. The second kappa shape index (κ2) is 13.4. The number of para-hydroxylation sites is 1. The fourth-order valence-electron chi connectivity index (χ4n) is 4.03. The summed E-state index contributed by atoms with van der Waals surface area (Å²) in [5.41, 5.74) is 1.76. The van der Waals surface area contributed by atoms with E-state index in [1.807, 2.05) is 31.2 Å². The Balaban J connectivity index is 2.00. The summed E-state index contributed by atoms with van der Waals surface area (Å²) in [4.78, 5) is 11.2. The number of benzene rings is 1. The molecule has 7 nitrogen and oxygen atoms in total. The summed E-state index contributed by atoms with van der Waals surface area (Å²) < 4.78 is 24.2. The zero-order valence-electron chi connectivity index (χ0n) is 19.7. The number of carbonyl (C=O) groups is 1. The SMILES string of the molecule is CNC(C)(/C=C/[C@H]1C(NO)C[C@H](O)[C@@H]1C/C=C\CCCC(=O)OC)COc1ccccc1F. The van der Waals surface area contributed by atoms with Gasteiger partial charge in [-0.3, -0.25) is 4.79 Å². The molecule has 2 unspecified atom stereocenters. The van der Waals surface area contributed by atoms with Gasteiger partial charge in [0, 0.05) is 18.4 Å². The smallest absolute Gasteiger partial charge is 0.305 e. The minimum atomic E-state index is -0.579. The molecule has 0 heterocycles. The van der Waals surface area contributed by atoms with Gasteiger partial charge in [-0.1, -0.05) is 36.4 Å². The number of allylic oxidation sites excluding steroid dienone is 2. The number of halogens is 1. The Morgan fingerprint density at radius 1 is 1.33 bits per heavy atom. The molecule has 0 saturated heterocycles. The lowest BCUT2D eigenvalue weighted by Gasteiger charge is -2.28. The Morgan fingerprint density at radius 3 is 2.76 bits per heavy atom. The highest BCUT2D eigenvalue weighted by molar-refractivity contribution is 5.69. The fraction of sp³-hybridized carbons (Fsp3) is 0.560. The third kappa shape index (κ3) is 8.23. The molecule has 5 atom stereocenters. The molecule has 0 bridgehead atoms. The molecule has 1 aliphatic carbocycles. The number of unbranched alkanes of at least 4 members (excludes halogenated alkanes) is 1. The molecule has 184 valence electrons. The zero-order valence-corrected chi connectivity index (χ0v) is 19.7. The molecule has 1 saturated carbocycles. The Labute approximate surface area is 195 Å². The van der Waals surface area contributed by atoms with Crippen LogP contribution in [0.4, 0.5) is 4.39 Å². The van der Waals surface area contributed by atoms with Crippen LogP contribution in [0.15, 0.2) is 48.6 Å². The van der Waals surface area contributed by atoms with Crippen LogP contribution in [0.2, 0.25) is 0 Å². The first-order valence-corrected chi connectivity index (χ1v) is 11.4. The molecule has 1 aliphatic rings. The number of methoxy groups -OCH3 is 1. The van der Waals surface area contributed by atoms with E-state index in [0.29, 0.717) is 25.7 Å². The number of nitrogens with one attached hydrogen (secondary N) is 2. The van der Waals surface area contributed by atoms with E-state index in [1.165, 1.54) is 13.2 Å². The number of carbonyl (C=O) groups excluding carboxylic acids is 1. The second-order valence-corrected chi connectivity index (χ2v) is 8.70. The third-order valence-corrected chi connectivity index (χ3v) is 6.29. The van der Waals surface area contributed by atoms with E-state index >= 15 is 0 Å². The van der Waals surface area contributed by atoms with Gasteiger partial charge in [-0.25, -0.2) is 9.87 Å². The molecule has 1 aromatic rings. The average molecular weight is 465 g/mol. The molecule has 2 rings (SSSR count). The quantitative estimate of drug-likeness (QED) is 0.154.